The standard InChI is InChI=1S/C16H28N4/c1-14(2)13-19-9-11-20(12-10-19)16-5-3-15(4-6-16)18-8-7-17/h3-6,14,18H,7-13,17H2,1-2H3. The zero-order chi connectivity index (χ0) is 14.4. The zero-order valence-electron chi connectivity index (χ0n) is 12.8. The van der Waals surface area contributed by atoms with Crippen molar-refractivity contribution in [3.63, 3.8) is 0 Å². The van der Waals surface area contributed by atoms with Crippen molar-refractivity contribution >= 4 is 11.4 Å². The van der Waals surface area contributed by atoms with Crippen molar-refractivity contribution in [1.29, 1.82) is 0 Å². The first-order chi connectivity index (χ1) is 9.69. The van der Waals surface area contributed by atoms with Crippen LogP contribution in [0.4, 0.5) is 11.4 Å². The van der Waals surface area contributed by atoms with Crippen molar-refractivity contribution < 1.29 is 0 Å². The molecular formula is C16H28N4. The lowest BCUT2D eigenvalue weighted by Crippen LogP contribution is -2.47. The highest BCUT2D eigenvalue weighted by Gasteiger charge is 2.17. The van der Waals surface area contributed by atoms with Gasteiger partial charge in [0.1, 0.15) is 0 Å². The van der Waals surface area contributed by atoms with E-state index in [0.717, 1.165) is 31.2 Å². The summed E-state index contributed by atoms with van der Waals surface area (Å²) in [6.07, 6.45) is 0. The van der Waals surface area contributed by atoms with Crippen LogP contribution in [0.15, 0.2) is 24.3 Å². The molecule has 3 N–H and O–H groups in total. The molecule has 0 amide bonds. The summed E-state index contributed by atoms with van der Waals surface area (Å²) in [5.41, 5.74) is 7.97. The van der Waals surface area contributed by atoms with Crippen molar-refractivity contribution in [2.45, 2.75) is 13.8 Å². The number of hydrogen-bond acceptors (Lipinski definition) is 4. The first kappa shape index (κ1) is 15.1. The van der Waals surface area contributed by atoms with Crippen LogP contribution < -0.4 is 16.0 Å². The molecule has 20 heavy (non-hydrogen) atoms. The summed E-state index contributed by atoms with van der Waals surface area (Å²) in [6.45, 7) is 11.9. The Balaban J connectivity index is 1.84. The van der Waals surface area contributed by atoms with E-state index in [4.69, 9.17) is 5.73 Å². The summed E-state index contributed by atoms with van der Waals surface area (Å²) in [5.74, 6) is 0.759. The lowest BCUT2D eigenvalue weighted by atomic mass is 10.2. The highest BCUT2D eigenvalue weighted by Crippen LogP contribution is 2.19. The Morgan fingerprint density at radius 2 is 1.75 bits per heavy atom. The van der Waals surface area contributed by atoms with Crippen LogP contribution in [-0.2, 0) is 0 Å². The van der Waals surface area contributed by atoms with Crippen LogP contribution in [0.5, 0.6) is 0 Å². The number of nitrogens with one attached hydrogen (secondary N) is 1. The topological polar surface area (TPSA) is 44.5 Å². The molecule has 0 unspecified atom stereocenters. The first-order valence-electron chi connectivity index (χ1n) is 7.70. The zero-order valence-corrected chi connectivity index (χ0v) is 12.8. The summed E-state index contributed by atoms with van der Waals surface area (Å²) in [5, 5.41) is 3.30. The Hall–Kier alpha value is -1.26. The third kappa shape index (κ3) is 4.39. The van der Waals surface area contributed by atoms with E-state index in [0.29, 0.717) is 6.54 Å². The number of anilines is 2. The number of hydrogen-bond donors (Lipinski definition) is 2. The van der Waals surface area contributed by atoms with Gasteiger partial charge in [0.05, 0.1) is 0 Å². The van der Waals surface area contributed by atoms with E-state index in [1.807, 2.05) is 0 Å². The van der Waals surface area contributed by atoms with Gasteiger partial charge in [-0.3, -0.25) is 4.90 Å². The van der Waals surface area contributed by atoms with Crippen LogP contribution in [0, 0.1) is 5.92 Å². The molecule has 1 fully saturated rings. The van der Waals surface area contributed by atoms with Gasteiger partial charge in [-0.05, 0) is 30.2 Å². The number of piperazine rings is 1. The average Bonchev–Trinajstić information content (AvgIpc) is 2.46. The summed E-state index contributed by atoms with van der Waals surface area (Å²) in [4.78, 5) is 5.04. The number of rotatable bonds is 6. The van der Waals surface area contributed by atoms with E-state index in [2.05, 4.69) is 53.2 Å². The quantitative estimate of drug-likeness (QED) is 0.832. The van der Waals surface area contributed by atoms with Crippen LogP contribution in [0.2, 0.25) is 0 Å². The summed E-state index contributed by atoms with van der Waals surface area (Å²) in [6, 6.07) is 8.70. The summed E-state index contributed by atoms with van der Waals surface area (Å²) < 4.78 is 0. The average molecular weight is 276 g/mol. The monoisotopic (exact) mass is 276 g/mol. The third-order valence-electron chi connectivity index (χ3n) is 3.70. The largest absolute Gasteiger partial charge is 0.384 e. The lowest BCUT2D eigenvalue weighted by Gasteiger charge is -2.36. The van der Waals surface area contributed by atoms with E-state index >= 15 is 0 Å². The van der Waals surface area contributed by atoms with Gasteiger partial charge in [-0.25, -0.2) is 0 Å². The molecule has 1 heterocycles. The van der Waals surface area contributed by atoms with Crippen LogP contribution in [0.1, 0.15) is 13.8 Å². The van der Waals surface area contributed by atoms with Crippen LogP contribution in [0.3, 0.4) is 0 Å². The molecule has 1 saturated heterocycles. The Labute approximate surface area is 122 Å². The lowest BCUT2D eigenvalue weighted by molar-refractivity contribution is 0.231. The predicted octanol–water partition coefficient (Wildman–Crippen LogP) is 1.84. The summed E-state index contributed by atoms with van der Waals surface area (Å²) >= 11 is 0. The Morgan fingerprint density at radius 3 is 2.30 bits per heavy atom. The molecule has 0 atom stereocenters. The Morgan fingerprint density at radius 1 is 1.10 bits per heavy atom. The normalized spacial score (nSPS) is 16.7. The second kappa shape index (κ2) is 7.50. The molecule has 112 valence electrons. The van der Waals surface area contributed by atoms with Gasteiger partial charge in [-0.2, -0.15) is 0 Å². The minimum atomic E-state index is 0.666. The number of nitrogens with zero attached hydrogens (tertiary/aromatic N) is 2. The maximum Gasteiger partial charge on any atom is 0.0368 e. The molecule has 0 aliphatic carbocycles. The minimum absolute atomic E-state index is 0.666. The minimum Gasteiger partial charge on any atom is -0.384 e. The van der Waals surface area contributed by atoms with Crippen molar-refractivity contribution in [1.82, 2.24) is 4.90 Å². The van der Waals surface area contributed by atoms with E-state index in [1.165, 1.54) is 25.3 Å². The molecule has 0 bridgehead atoms. The second-order valence-electron chi connectivity index (χ2n) is 5.94. The van der Waals surface area contributed by atoms with E-state index in [9.17, 15) is 0 Å². The van der Waals surface area contributed by atoms with E-state index in [1.54, 1.807) is 0 Å². The molecule has 2 rings (SSSR count). The van der Waals surface area contributed by atoms with Gasteiger partial charge in [0.25, 0.3) is 0 Å². The van der Waals surface area contributed by atoms with Gasteiger partial charge in [0, 0.05) is 57.2 Å². The van der Waals surface area contributed by atoms with Gasteiger partial charge in [0.15, 0.2) is 0 Å². The predicted molar refractivity (Wildman–Crippen MR) is 87.5 cm³/mol. The smallest absolute Gasteiger partial charge is 0.0368 e. The molecule has 0 radical (unpaired) electrons. The van der Waals surface area contributed by atoms with Gasteiger partial charge in [-0.15, -0.1) is 0 Å². The second-order valence-corrected chi connectivity index (χ2v) is 5.94. The van der Waals surface area contributed by atoms with Gasteiger partial charge in [0.2, 0.25) is 0 Å². The molecule has 0 aromatic heterocycles. The van der Waals surface area contributed by atoms with E-state index in [-0.39, 0.29) is 0 Å². The molecule has 0 spiro atoms. The van der Waals surface area contributed by atoms with Crippen molar-refractivity contribution in [3.8, 4) is 0 Å². The van der Waals surface area contributed by atoms with Crippen LogP contribution >= 0.6 is 0 Å². The molecule has 4 heteroatoms. The summed E-state index contributed by atoms with van der Waals surface area (Å²) in [7, 11) is 0. The fourth-order valence-electron chi connectivity index (χ4n) is 2.71. The van der Waals surface area contributed by atoms with Gasteiger partial charge in [-0.1, -0.05) is 13.8 Å². The number of nitrogens with two attached hydrogens (primary N) is 1. The van der Waals surface area contributed by atoms with Crippen molar-refractivity contribution in [2.24, 2.45) is 11.7 Å². The maximum absolute atomic E-state index is 5.50. The number of benzene rings is 1. The molecule has 1 aliphatic heterocycles. The van der Waals surface area contributed by atoms with Gasteiger partial charge >= 0.3 is 0 Å². The third-order valence-corrected chi connectivity index (χ3v) is 3.70. The van der Waals surface area contributed by atoms with Gasteiger partial charge < -0.3 is 16.0 Å². The van der Waals surface area contributed by atoms with Crippen molar-refractivity contribution in [3.05, 3.63) is 24.3 Å². The van der Waals surface area contributed by atoms with E-state index < -0.39 is 0 Å². The SMILES string of the molecule is CC(C)CN1CCN(c2ccc(NCCN)cc2)CC1. The maximum atomic E-state index is 5.50. The molecule has 0 saturated carbocycles. The highest BCUT2D eigenvalue weighted by molar-refractivity contribution is 5.55. The molecule has 1 aromatic carbocycles. The van der Waals surface area contributed by atoms with Crippen LogP contribution in [-0.4, -0.2) is 50.7 Å². The fraction of sp³-hybridized carbons (Fsp3) is 0.625. The van der Waals surface area contributed by atoms with Crippen molar-refractivity contribution in [2.75, 3.05) is 56.0 Å². The molecule has 4 nitrogen and oxygen atoms in total. The highest BCUT2D eigenvalue weighted by atomic mass is 15.3. The fourth-order valence-corrected chi connectivity index (χ4v) is 2.71. The molecule has 1 aromatic rings. The Bertz CT molecular complexity index is 380. The Kier molecular flexibility index (Phi) is 5.68. The first-order valence-corrected chi connectivity index (χ1v) is 7.70. The molecular weight excluding hydrogens is 248 g/mol. The molecule has 1 aliphatic rings. The van der Waals surface area contributed by atoms with Crippen LogP contribution in [0.25, 0.3) is 0 Å².